The Morgan fingerprint density at radius 3 is 2.38 bits per heavy atom. The molecule has 1 fully saturated rings. The van der Waals surface area contributed by atoms with E-state index in [9.17, 15) is 9.18 Å². The van der Waals surface area contributed by atoms with Crippen molar-refractivity contribution >= 4 is 40.3 Å². The fraction of sp³-hybridized carbons (Fsp3) is 0.120. The van der Waals surface area contributed by atoms with E-state index in [4.69, 9.17) is 21.7 Å². The molecule has 0 saturated carbocycles. The molecule has 0 aliphatic carbocycles. The van der Waals surface area contributed by atoms with Gasteiger partial charge < -0.3 is 9.47 Å². The lowest BCUT2D eigenvalue weighted by atomic mass is 10.2. The van der Waals surface area contributed by atoms with Crippen LogP contribution in [-0.2, 0) is 17.9 Å². The van der Waals surface area contributed by atoms with Gasteiger partial charge in [0.1, 0.15) is 28.2 Å². The SMILES string of the molecule is COc1ccc(CN2C(=O)C(=Cc3ccc(OCc4ccccc4F)cc3)SC2=S)cc1. The number of thioether (sulfide) groups is 1. The van der Waals surface area contributed by atoms with Crippen molar-refractivity contribution in [3.63, 3.8) is 0 Å². The molecule has 0 spiro atoms. The van der Waals surface area contributed by atoms with E-state index in [1.54, 1.807) is 42.3 Å². The van der Waals surface area contributed by atoms with Gasteiger partial charge in [-0.3, -0.25) is 9.69 Å². The summed E-state index contributed by atoms with van der Waals surface area (Å²) in [5.74, 6) is 0.981. The Bertz CT molecular complexity index is 1160. The highest BCUT2D eigenvalue weighted by molar-refractivity contribution is 8.26. The van der Waals surface area contributed by atoms with Crippen LogP contribution in [0.25, 0.3) is 6.08 Å². The number of halogens is 1. The first-order valence-electron chi connectivity index (χ1n) is 9.88. The Labute approximate surface area is 195 Å². The van der Waals surface area contributed by atoms with Gasteiger partial charge in [-0.2, -0.15) is 0 Å². The van der Waals surface area contributed by atoms with E-state index in [-0.39, 0.29) is 18.3 Å². The molecular formula is C25H20FNO3S2. The van der Waals surface area contributed by atoms with Gasteiger partial charge in [0.05, 0.1) is 18.6 Å². The molecule has 0 radical (unpaired) electrons. The Balaban J connectivity index is 1.40. The lowest BCUT2D eigenvalue weighted by Gasteiger charge is -2.14. The molecule has 0 atom stereocenters. The predicted octanol–water partition coefficient (Wildman–Crippen LogP) is 5.81. The minimum absolute atomic E-state index is 0.115. The average molecular weight is 466 g/mol. The molecule has 4 nitrogen and oxygen atoms in total. The Hall–Kier alpha value is -3.16. The van der Waals surface area contributed by atoms with Crippen LogP contribution in [0, 0.1) is 5.82 Å². The van der Waals surface area contributed by atoms with Gasteiger partial charge in [-0.15, -0.1) is 0 Å². The van der Waals surface area contributed by atoms with Crippen LogP contribution in [0.1, 0.15) is 16.7 Å². The van der Waals surface area contributed by atoms with E-state index in [1.165, 1.54) is 17.8 Å². The van der Waals surface area contributed by atoms with Gasteiger partial charge in [0.2, 0.25) is 0 Å². The van der Waals surface area contributed by atoms with Gasteiger partial charge in [0, 0.05) is 5.56 Å². The van der Waals surface area contributed by atoms with E-state index in [0.717, 1.165) is 16.9 Å². The highest BCUT2D eigenvalue weighted by Crippen LogP contribution is 2.34. The van der Waals surface area contributed by atoms with E-state index < -0.39 is 0 Å². The Morgan fingerprint density at radius 2 is 1.69 bits per heavy atom. The molecule has 32 heavy (non-hydrogen) atoms. The van der Waals surface area contributed by atoms with Crippen molar-refractivity contribution in [1.82, 2.24) is 4.90 Å². The molecule has 3 aromatic carbocycles. The first-order chi connectivity index (χ1) is 15.5. The Morgan fingerprint density at radius 1 is 1.00 bits per heavy atom. The van der Waals surface area contributed by atoms with Crippen LogP contribution in [0.15, 0.2) is 77.7 Å². The standard InChI is InChI=1S/C25H20FNO3S2/c1-29-20-10-8-18(9-11-20)15-27-24(28)23(32-25(27)31)14-17-6-12-21(13-7-17)30-16-19-4-2-3-5-22(19)26/h2-14H,15-16H2,1H3. The maximum absolute atomic E-state index is 13.7. The third-order valence-electron chi connectivity index (χ3n) is 4.90. The number of thiocarbonyl (C=S) groups is 1. The van der Waals surface area contributed by atoms with Crippen LogP contribution in [0.5, 0.6) is 11.5 Å². The highest BCUT2D eigenvalue weighted by atomic mass is 32.2. The maximum Gasteiger partial charge on any atom is 0.266 e. The number of nitrogens with zero attached hydrogens (tertiary/aromatic N) is 1. The van der Waals surface area contributed by atoms with Gasteiger partial charge >= 0.3 is 0 Å². The van der Waals surface area contributed by atoms with Crippen molar-refractivity contribution in [3.8, 4) is 11.5 Å². The van der Waals surface area contributed by atoms with Crippen LogP contribution in [0.2, 0.25) is 0 Å². The zero-order chi connectivity index (χ0) is 22.5. The third-order valence-corrected chi connectivity index (χ3v) is 6.28. The summed E-state index contributed by atoms with van der Waals surface area (Å²) < 4.78 is 25.1. The monoisotopic (exact) mass is 465 g/mol. The zero-order valence-corrected chi connectivity index (χ0v) is 18.9. The largest absolute Gasteiger partial charge is 0.497 e. The van der Waals surface area contributed by atoms with Crippen molar-refractivity contribution in [1.29, 1.82) is 0 Å². The number of ether oxygens (including phenoxy) is 2. The third kappa shape index (κ3) is 5.18. The van der Waals surface area contributed by atoms with Gasteiger partial charge in [-0.25, -0.2) is 4.39 Å². The lowest BCUT2D eigenvalue weighted by Crippen LogP contribution is -2.27. The number of carbonyl (C=O) groups excluding carboxylic acids is 1. The molecule has 4 rings (SSSR count). The molecule has 0 unspecified atom stereocenters. The smallest absolute Gasteiger partial charge is 0.266 e. The van der Waals surface area contributed by atoms with E-state index in [0.29, 0.717) is 27.1 Å². The summed E-state index contributed by atoms with van der Waals surface area (Å²) in [6.07, 6.45) is 1.81. The number of methoxy groups -OCH3 is 1. The first-order valence-corrected chi connectivity index (χ1v) is 11.1. The zero-order valence-electron chi connectivity index (χ0n) is 17.3. The molecule has 1 aliphatic rings. The highest BCUT2D eigenvalue weighted by Gasteiger charge is 2.31. The van der Waals surface area contributed by atoms with Crippen molar-refractivity contribution in [2.24, 2.45) is 0 Å². The summed E-state index contributed by atoms with van der Waals surface area (Å²) in [7, 11) is 1.61. The van der Waals surface area contributed by atoms with Gasteiger partial charge in [0.15, 0.2) is 0 Å². The van der Waals surface area contributed by atoms with Crippen LogP contribution >= 0.6 is 24.0 Å². The first kappa shape index (κ1) is 22.0. The summed E-state index contributed by atoms with van der Waals surface area (Å²) in [5.41, 5.74) is 2.32. The van der Waals surface area contributed by atoms with Gasteiger partial charge in [0.25, 0.3) is 5.91 Å². The number of hydrogen-bond donors (Lipinski definition) is 0. The second kappa shape index (κ2) is 9.97. The molecule has 1 amide bonds. The number of amides is 1. The Kier molecular flexibility index (Phi) is 6.87. The topological polar surface area (TPSA) is 38.8 Å². The summed E-state index contributed by atoms with van der Waals surface area (Å²) >= 11 is 6.71. The summed E-state index contributed by atoms with van der Waals surface area (Å²) in [4.78, 5) is 15.0. The van der Waals surface area contributed by atoms with Crippen molar-refractivity contribution in [3.05, 3.63) is 100 Å². The maximum atomic E-state index is 13.7. The van der Waals surface area contributed by atoms with Crippen LogP contribution in [0.4, 0.5) is 4.39 Å². The second-order valence-electron chi connectivity index (χ2n) is 7.07. The fourth-order valence-electron chi connectivity index (χ4n) is 3.14. The second-order valence-corrected chi connectivity index (χ2v) is 8.74. The van der Waals surface area contributed by atoms with E-state index >= 15 is 0 Å². The van der Waals surface area contributed by atoms with Crippen LogP contribution in [0.3, 0.4) is 0 Å². The number of benzene rings is 3. The summed E-state index contributed by atoms with van der Waals surface area (Å²) in [6.45, 7) is 0.560. The summed E-state index contributed by atoms with van der Waals surface area (Å²) in [5, 5.41) is 0. The van der Waals surface area contributed by atoms with Crippen molar-refractivity contribution in [2.45, 2.75) is 13.2 Å². The number of rotatable bonds is 7. The molecule has 0 N–H and O–H groups in total. The normalized spacial score (nSPS) is 14.8. The quantitative estimate of drug-likeness (QED) is 0.325. The fourth-order valence-corrected chi connectivity index (χ4v) is 4.39. The van der Waals surface area contributed by atoms with Gasteiger partial charge in [-0.05, 0) is 47.5 Å². The van der Waals surface area contributed by atoms with Crippen LogP contribution < -0.4 is 9.47 Å². The predicted molar refractivity (Wildman–Crippen MR) is 129 cm³/mol. The molecule has 0 aromatic heterocycles. The average Bonchev–Trinajstić information content (AvgIpc) is 3.07. The number of carbonyl (C=O) groups is 1. The molecular weight excluding hydrogens is 445 g/mol. The lowest BCUT2D eigenvalue weighted by molar-refractivity contribution is -0.122. The molecule has 3 aromatic rings. The van der Waals surface area contributed by atoms with Crippen LogP contribution in [-0.4, -0.2) is 22.2 Å². The number of hydrogen-bond acceptors (Lipinski definition) is 5. The van der Waals surface area contributed by atoms with Crippen molar-refractivity contribution < 1.29 is 18.7 Å². The molecule has 7 heteroatoms. The van der Waals surface area contributed by atoms with Crippen molar-refractivity contribution in [2.75, 3.05) is 7.11 Å². The molecule has 1 heterocycles. The molecule has 0 bridgehead atoms. The minimum atomic E-state index is -0.291. The molecule has 1 aliphatic heterocycles. The van der Waals surface area contributed by atoms with E-state index in [1.807, 2.05) is 42.5 Å². The summed E-state index contributed by atoms with van der Waals surface area (Å²) in [6, 6.07) is 21.4. The minimum Gasteiger partial charge on any atom is -0.497 e. The van der Waals surface area contributed by atoms with E-state index in [2.05, 4.69) is 0 Å². The van der Waals surface area contributed by atoms with Gasteiger partial charge in [-0.1, -0.05) is 66.4 Å². The molecule has 162 valence electrons. The molecule has 1 saturated heterocycles.